The van der Waals surface area contributed by atoms with Crippen molar-refractivity contribution in [2.75, 3.05) is 5.32 Å². The predicted octanol–water partition coefficient (Wildman–Crippen LogP) is 3.60. The highest BCUT2D eigenvalue weighted by molar-refractivity contribution is 6.24. The van der Waals surface area contributed by atoms with Crippen LogP contribution in [0.25, 0.3) is 0 Å². The first-order valence-corrected chi connectivity index (χ1v) is 7.85. The summed E-state index contributed by atoms with van der Waals surface area (Å²) in [6.45, 7) is 0. The minimum Gasteiger partial charge on any atom is -0.325 e. The number of carbonyl (C=O) groups is 1. The zero-order chi connectivity index (χ0) is 13.8. The molecule has 4 saturated carbocycles. The maximum atomic E-state index is 12.8. The molecule has 2 atom stereocenters. The van der Waals surface area contributed by atoms with Gasteiger partial charge in [-0.15, -0.1) is 11.6 Å². The molecule has 0 aliphatic heterocycles. The Hall–Kier alpha value is -1.09. The van der Waals surface area contributed by atoms with Crippen molar-refractivity contribution in [3.8, 4) is 0 Å². The van der Waals surface area contributed by atoms with Gasteiger partial charge in [0, 0.05) is 23.0 Å². The molecule has 4 fully saturated rings. The molecule has 0 radical (unpaired) electrons. The summed E-state index contributed by atoms with van der Waals surface area (Å²) in [5, 5.41) is 3.08. The maximum absolute atomic E-state index is 12.8. The van der Waals surface area contributed by atoms with E-state index in [4.69, 9.17) is 11.6 Å². The number of halogens is 1. The Morgan fingerprint density at radius 1 is 1.20 bits per heavy atom. The van der Waals surface area contributed by atoms with Gasteiger partial charge >= 0.3 is 0 Å². The second-order valence-electron chi connectivity index (χ2n) is 7.08. The topological polar surface area (TPSA) is 42.0 Å². The Morgan fingerprint density at radius 3 is 2.45 bits per heavy atom. The number of carbonyl (C=O) groups excluding carboxylic acids is 1. The zero-order valence-corrected chi connectivity index (χ0v) is 12.2. The summed E-state index contributed by atoms with van der Waals surface area (Å²) in [5.41, 5.74) is 0.610. The third-order valence-electron chi connectivity index (χ3n) is 5.41. The van der Waals surface area contributed by atoms with Crippen LogP contribution < -0.4 is 5.32 Å². The van der Waals surface area contributed by atoms with Crippen molar-refractivity contribution in [2.24, 2.45) is 17.3 Å². The number of hydrogen-bond donors (Lipinski definition) is 1. The second kappa shape index (κ2) is 4.20. The highest BCUT2D eigenvalue weighted by Gasteiger charge is 2.60. The Bertz CT molecular complexity index is 531. The average Bonchev–Trinajstić information content (AvgIpc) is 2.37. The van der Waals surface area contributed by atoms with Crippen LogP contribution in [0.5, 0.6) is 0 Å². The minimum absolute atomic E-state index is 0.111. The Balaban J connectivity index is 1.60. The minimum atomic E-state index is -0.227. The average molecular weight is 291 g/mol. The van der Waals surface area contributed by atoms with Crippen molar-refractivity contribution in [1.29, 1.82) is 0 Å². The van der Waals surface area contributed by atoms with Crippen LogP contribution in [-0.4, -0.2) is 15.8 Å². The van der Waals surface area contributed by atoms with Crippen LogP contribution in [0.4, 0.5) is 5.69 Å². The molecule has 4 aliphatic rings. The molecular formula is C16H19ClN2O. The van der Waals surface area contributed by atoms with Gasteiger partial charge in [0.25, 0.3) is 0 Å². The number of amides is 1. The Kier molecular flexibility index (Phi) is 2.65. The lowest BCUT2D eigenvalue weighted by molar-refractivity contribution is -0.138. The van der Waals surface area contributed by atoms with Crippen LogP contribution in [0.3, 0.4) is 0 Å². The van der Waals surface area contributed by atoms with Gasteiger partial charge in [0.15, 0.2) is 0 Å². The van der Waals surface area contributed by atoms with E-state index in [2.05, 4.69) is 10.3 Å². The number of hydrogen-bond acceptors (Lipinski definition) is 2. The fourth-order valence-corrected chi connectivity index (χ4v) is 5.81. The molecule has 0 spiro atoms. The van der Waals surface area contributed by atoms with Crippen molar-refractivity contribution in [3.05, 3.63) is 24.5 Å². The van der Waals surface area contributed by atoms with Crippen molar-refractivity contribution in [1.82, 2.24) is 4.98 Å². The van der Waals surface area contributed by atoms with E-state index < -0.39 is 0 Å². The molecule has 0 unspecified atom stereocenters. The maximum Gasteiger partial charge on any atom is 0.230 e. The lowest BCUT2D eigenvalue weighted by Gasteiger charge is -2.59. The summed E-state index contributed by atoms with van der Waals surface area (Å²) in [7, 11) is 0. The Labute approximate surface area is 124 Å². The molecule has 1 heterocycles. The summed E-state index contributed by atoms with van der Waals surface area (Å²) in [5.74, 6) is 1.47. The summed E-state index contributed by atoms with van der Waals surface area (Å²) in [6, 6.07) is 3.68. The largest absolute Gasteiger partial charge is 0.325 e. The molecule has 106 valence electrons. The van der Waals surface area contributed by atoms with E-state index in [1.165, 1.54) is 6.42 Å². The SMILES string of the molecule is O=C(Nc1ccncc1)C12C[C@H]3C[C@@H](CC(Cl)(C3)C1)C2. The number of anilines is 1. The van der Waals surface area contributed by atoms with Gasteiger partial charge in [-0.2, -0.15) is 0 Å². The number of nitrogens with zero attached hydrogens (tertiary/aromatic N) is 1. The number of aromatic nitrogens is 1. The molecule has 4 aliphatic carbocycles. The molecule has 1 amide bonds. The summed E-state index contributed by atoms with van der Waals surface area (Å²) >= 11 is 6.78. The lowest BCUT2D eigenvalue weighted by Crippen LogP contribution is -2.57. The van der Waals surface area contributed by atoms with Crippen LogP contribution >= 0.6 is 11.6 Å². The highest BCUT2D eigenvalue weighted by atomic mass is 35.5. The van der Waals surface area contributed by atoms with Gasteiger partial charge in [0.1, 0.15) is 0 Å². The first-order valence-electron chi connectivity index (χ1n) is 7.47. The van der Waals surface area contributed by atoms with Crippen LogP contribution in [-0.2, 0) is 4.79 Å². The van der Waals surface area contributed by atoms with Crippen molar-refractivity contribution >= 4 is 23.2 Å². The third-order valence-corrected chi connectivity index (χ3v) is 5.85. The van der Waals surface area contributed by atoms with Crippen LogP contribution in [0.15, 0.2) is 24.5 Å². The van der Waals surface area contributed by atoms with Crippen molar-refractivity contribution < 1.29 is 4.79 Å². The van der Waals surface area contributed by atoms with E-state index in [1.807, 2.05) is 12.1 Å². The van der Waals surface area contributed by atoms with Gasteiger partial charge in [-0.3, -0.25) is 9.78 Å². The monoisotopic (exact) mass is 290 g/mol. The standard InChI is InChI=1S/C16H19ClN2O/c17-16-8-11-5-12(9-16)7-15(6-11,10-16)14(20)19-13-1-3-18-4-2-13/h1-4,11-12H,5-10H2,(H,18,19,20)/t11-,12-,15?,16?/m1/s1. The summed E-state index contributed by atoms with van der Waals surface area (Å²) < 4.78 is 0. The van der Waals surface area contributed by atoms with E-state index in [-0.39, 0.29) is 16.2 Å². The van der Waals surface area contributed by atoms with E-state index in [0.29, 0.717) is 11.8 Å². The fraction of sp³-hybridized carbons (Fsp3) is 0.625. The molecule has 0 aromatic carbocycles. The van der Waals surface area contributed by atoms with Gasteiger partial charge in [0.05, 0.1) is 5.41 Å². The molecule has 3 nitrogen and oxygen atoms in total. The summed E-state index contributed by atoms with van der Waals surface area (Å²) in [4.78, 5) is 16.7. The van der Waals surface area contributed by atoms with Crippen molar-refractivity contribution in [2.45, 2.75) is 43.4 Å². The van der Waals surface area contributed by atoms with E-state index >= 15 is 0 Å². The molecule has 5 rings (SSSR count). The Morgan fingerprint density at radius 2 is 1.85 bits per heavy atom. The molecule has 4 bridgehead atoms. The molecule has 1 N–H and O–H groups in total. The van der Waals surface area contributed by atoms with E-state index in [0.717, 1.165) is 37.8 Å². The van der Waals surface area contributed by atoms with Gasteiger partial charge in [0.2, 0.25) is 5.91 Å². The normalized spacial score (nSPS) is 41.6. The predicted molar refractivity (Wildman–Crippen MR) is 78.6 cm³/mol. The molecular weight excluding hydrogens is 272 g/mol. The van der Waals surface area contributed by atoms with Gasteiger partial charge in [-0.05, 0) is 62.5 Å². The van der Waals surface area contributed by atoms with E-state index in [9.17, 15) is 4.79 Å². The van der Waals surface area contributed by atoms with Crippen LogP contribution in [0.1, 0.15) is 38.5 Å². The molecule has 0 saturated heterocycles. The van der Waals surface area contributed by atoms with E-state index in [1.54, 1.807) is 12.4 Å². The van der Waals surface area contributed by atoms with Crippen molar-refractivity contribution in [3.63, 3.8) is 0 Å². The van der Waals surface area contributed by atoms with Gasteiger partial charge < -0.3 is 5.32 Å². The number of alkyl halides is 1. The quantitative estimate of drug-likeness (QED) is 0.846. The number of rotatable bonds is 2. The number of nitrogens with one attached hydrogen (secondary N) is 1. The molecule has 1 aromatic heterocycles. The second-order valence-corrected chi connectivity index (χ2v) is 7.88. The number of pyridine rings is 1. The molecule has 20 heavy (non-hydrogen) atoms. The highest BCUT2D eigenvalue weighted by Crippen LogP contribution is 2.64. The summed E-state index contributed by atoms with van der Waals surface area (Å²) in [6.07, 6.45) is 9.80. The third kappa shape index (κ3) is 1.95. The van der Waals surface area contributed by atoms with Gasteiger partial charge in [-0.25, -0.2) is 0 Å². The van der Waals surface area contributed by atoms with Gasteiger partial charge in [-0.1, -0.05) is 0 Å². The first kappa shape index (κ1) is 12.6. The smallest absolute Gasteiger partial charge is 0.230 e. The zero-order valence-electron chi connectivity index (χ0n) is 11.4. The molecule has 1 aromatic rings. The first-order chi connectivity index (χ1) is 9.57. The fourth-order valence-electron chi connectivity index (χ4n) is 5.12. The van der Waals surface area contributed by atoms with Crippen LogP contribution in [0, 0.1) is 17.3 Å². The van der Waals surface area contributed by atoms with Crippen LogP contribution in [0.2, 0.25) is 0 Å². The lowest BCUT2D eigenvalue weighted by atomic mass is 9.49. The molecule has 4 heteroatoms.